The Kier molecular flexibility index (Phi) is 5.05. The van der Waals surface area contributed by atoms with E-state index >= 15 is 0 Å². The number of hydrogen-bond acceptors (Lipinski definition) is 3. The predicted molar refractivity (Wildman–Crippen MR) is 61.8 cm³/mol. The normalized spacial score (nSPS) is 21.9. The molecule has 0 aromatic heterocycles. The number of rotatable bonds is 5. The summed E-state index contributed by atoms with van der Waals surface area (Å²) in [5.41, 5.74) is 0. The van der Waals surface area contributed by atoms with Crippen molar-refractivity contribution in [1.82, 2.24) is 15.1 Å². The standard InChI is InChI=1S/C11H23N3O/c1-4-13(2)11(15)9-12-8-10-6-5-7-14(10)3/h10,12H,4-9H2,1-3H3. The Morgan fingerprint density at radius 3 is 2.87 bits per heavy atom. The van der Waals surface area contributed by atoms with Crippen LogP contribution in [0.5, 0.6) is 0 Å². The van der Waals surface area contributed by atoms with Gasteiger partial charge in [0.15, 0.2) is 0 Å². The van der Waals surface area contributed by atoms with E-state index in [0.29, 0.717) is 12.6 Å². The van der Waals surface area contributed by atoms with Crippen LogP contribution >= 0.6 is 0 Å². The molecule has 0 aromatic carbocycles. The van der Waals surface area contributed by atoms with Gasteiger partial charge in [-0.15, -0.1) is 0 Å². The molecule has 0 bridgehead atoms. The van der Waals surface area contributed by atoms with Gasteiger partial charge in [0.25, 0.3) is 0 Å². The Hall–Kier alpha value is -0.610. The average molecular weight is 213 g/mol. The number of likely N-dealkylation sites (tertiary alicyclic amines) is 1. The maximum Gasteiger partial charge on any atom is 0.236 e. The lowest BCUT2D eigenvalue weighted by molar-refractivity contribution is -0.128. The summed E-state index contributed by atoms with van der Waals surface area (Å²) in [7, 11) is 3.99. The Morgan fingerprint density at radius 2 is 2.33 bits per heavy atom. The first-order valence-corrected chi connectivity index (χ1v) is 5.80. The molecule has 1 fully saturated rings. The van der Waals surface area contributed by atoms with Gasteiger partial charge >= 0.3 is 0 Å². The van der Waals surface area contributed by atoms with Crippen molar-refractivity contribution in [2.75, 3.05) is 40.3 Å². The molecule has 1 N–H and O–H groups in total. The summed E-state index contributed by atoms with van der Waals surface area (Å²) in [6.45, 7) is 5.36. The highest BCUT2D eigenvalue weighted by Gasteiger charge is 2.20. The second-order valence-electron chi connectivity index (χ2n) is 4.32. The minimum absolute atomic E-state index is 0.179. The minimum atomic E-state index is 0.179. The van der Waals surface area contributed by atoms with Crippen LogP contribution < -0.4 is 5.32 Å². The van der Waals surface area contributed by atoms with E-state index in [2.05, 4.69) is 17.3 Å². The SMILES string of the molecule is CCN(C)C(=O)CNCC1CCCN1C. The number of likely N-dealkylation sites (N-methyl/N-ethyl adjacent to an activating group) is 2. The average Bonchev–Trinajstić information content (AvgIpc) is 2.63. The highest BCUT2D eigenvalue weighted by atomic mass is 16.2. The molecule has 0 saturated carbocycles. The van der Waals surface area contributed by atoms with Crippen molar-refractivity contribution in [1.29, 1.82) is 0 Å². The molecule has 1 heterocycles. The zero-order valence-corrected chi connectivity index (χ0v) is 10.1. The molecule has 15 heavy (non-hydrogen) atoms. The quantitative estimate of drug-likeness (QED) is 0.706. The maximum absolute atomic E-state index is 11.5. The van der Waals surface area contributed by atoms with Gasteiger partial charge in [0.2, 0.25) is 5.91 Å². The van der Waals surface area contributed by atoms with Crippen LogP contribution in [-0.4, -0.2) is 62.0 Å². The second-order valence-corrected chi connectivity index (χ2v) is 4.32. The van der Waals surface area contributed by atoms with Gasteiger partial charge in [-0.1, -0.05) is 0 Å². The van der Waals surface area contributed by atoms with Gasteiger partial charge in [0.05, 0.1) is 6.54 Å². The number of nitrogens with one attached hydrogen (secondary N) is 1. The van der Waals surface area contributed by atoms with Crippen LogP contribution in [0.25, 0.3) is 0 Å². The van der Waals surface area contributed by atoms with Crippen molar-refractivity contribution >= 4 is 5.91 Å². The third-order valence-electron chi connectivity index (χ3n) is 3.23. The lowest BCUT2D eigenvalue weighted by Crippen LogP contribution is -2.41. The molecule has 1 atom stereocenters. The lowest BCUT2D eigenvalue weighted by atomic mass is 10.2. The third-order valence-corrected chi connectivity index (χ3v) is 3.23. The van der Waals surface area contributed by atoms with Gasteiger partial charge in [-0.2, -0.15) is 0 Å². The van der Waals surface area contributed by atoms with E-state index in [1.165, 1.54) is 19.4 Å². The molecule has 4 nitrogen and oxygen atoms in total. The van der Waals surface area contributed by atoms with E-state index in [1.54, 1.807) is 4.90 Å². The monoisotopic (exact) mass is 213 g/mol. The largest absolute Gasteiger partial charge is 0.345 e. The zero-order chi connectivity index (χ0) is 11.3. The van der Waals surface area contributed by atoms with Crippen molar-refractivity contribution in [3.63, 3.8) is 0 Å². The summed E-state index contributed by atoms with van der Waals surface area (Å²) >= 11 is 0. The van der Waals surface area contributed by atoms with Gasteiger partial charge in [0, 0.05) is 26.2 Å². The van der Waals surface area contributed by atoms with Crippen LogP contribution in [0, 0.1) is 0 Å². The third kappa shape index (κ3) is 3.80. The molecule has 1 rings (SSSR count). The van der Waals surface area contributed by atoms with Crippen LogP contribution in [0.3, 0.4) is 0 Å². The highest BCUT2D eigenvalue weighted by molar-refractivity contribution is 5.77. The molecule has 1 aliphatic heterocycles. The topological polar surface area (TPSA) is 35.6 Å². The van der Waals surface area contributed by atoms with Crippen molar-refractivity contribution in [2.45, 2.75) is 25.8 Å². The Bertz CT molecular complexity index is 208. The molecule has 1 aliphatic rings. The molecule has 0 aromatic rings. The fourth-order valence-electron chi connectivity index (χ4n) is 1.89. The van der Waals surface area contributed by atoms with Crippen molar-refractivity contribution < 1.29 is 4.79 Å². The Labute approximate surface area is 92.6 Å². The first-order valence-electron chi connectivity index (χ1n) is 5.80. The molecule has 0 radical (unpaired) electrons. The van der Waals surface area contributed by atoms with E-state index in [1.807, 2.05) is 14.0 Å². The van der Waals surface area contributed by atoms with E-state index < -0.39 is 0 Å². The second kappa shape index (κ2) is 6.08. The summed E-state index contributed by atoms with van der Waals surface area (Å²) in [6, 6.07) is 0.615. The number of carbonyl (C=O) groups excluding carboxylic acids is 1. The summed E-state index contributed by atoms with van der Waals surface area (Å²) in [4.78, 5) is 15.6. The summed E-state index contributed by atoms with van der Waals surface area (Å²) in [5, 5.41) is 3.24. The maximum atomic E-state index is 11.5. The van der Waals surface area contributed by atoms with E-state index in [9.17, 15) is 4.79 Å². The van der Waals surface area contributed by atoms with Crippen molar-refractivity contribution in [2.24, 2.45) is 0 Å². The number of nitrogens with zero attached hydrogens (tertiary/aromatic N) is 2. The molecule has 88 valence electrons. The molecule has 1 amide bonds. The van der Waals surface area contributed by atoms with Crippen LogP contribution in [0.2, 0.25) is 0 Å². The molecule has 1 unspecified atom stereocenters. The van der Waals surface area contributed by atoms with Gasteiger partial charge < -0.3 is 15.1 Å². The first kappa shape index (κ1) is 12.5. The Balaban J connectivity index is 2.13. The number of amides is 1. The summed E-state index contributed by atoms with van der Waals surface area (Å²) in [6.07, 6.45) is 2.53. The van der Waals surface area contributed by atoms with Gasteiger partial charge in [-0.25, -0.2) is 0 Å². The molecule has 0 aliphatic carbocycles. The minimum Gasteiger partial charge on any atom is -0.345 e. The molecule has 4 heteroatoms. The van der Waals surface area contributed by atoms with Crippen molar-refractivity contribution in [3.8, 4) is 0 Å². The predicted octanol–water partition coefficient (Wildman–Crippen LogP) is 0.149. The van der Waals surface area contributed by atoms with Crippen LogP contribution in [-0.2, 0) is 4.79 Å². The number of carbonyl (C=O) groups is 1. The zero-order valence-electron chi connectivity index (χ0n) is 10.1. The molecular weight excluding hydrogens is 190 g/mol. The molecule has 1 saturated heterocycles. The lowest BCUT2D eigenvalue weighted by Gasteiger charge is -2.20. The summed E-state index contributed by atoms with van der Waals surface area (Å²) < 4.78 is 0. The van der Waals surface area contributed by atoms with E-state index in [4.69, 9.17) is 0 Å². The van der Waals surface area contributed by atoms with Gasteiger partial charge in [-0.05, 0) is 33.4 Å². The fourth-order valence-corrected chi connectivity index (χ4v) is 1.89. The van der Waals surface area contributed by atoms with Gasteiger partial charge in [0.1, 0.15) is 0 Å². The summed E-state index contributed by atoms with van der Waals surface area (Å²) in [5.74, 6) is 0.179. The number of hydrogen-bond donors (Lipinski definition) is 1. The Morgan fingerprint density at radius 1 is 1.60 bits per heavy atom. The first-order chi connectivity index (χ1) is 7.15. The molecular formula is C11H23N3O. The van der Waals surface area contributed by atoms with Crippen LogP contribution in [0.4, 0.5) is 0 Å². The van der Waals surface area contributed by atoms with Crippen molar-refractivity contribution in [3.05, 3.63) is 0 Å². The fraction of sp³-hybridized carbons (Fsp3) is 0.909. The smallest absolute Gasteiger partial charge is 0.236 e. The van der Waals surface area contributed by atoms with Crippen LogP contribution in [0.1, 0.15) is 19.8 Å². The highest BCUT2D eigenvalue weighted by Crippen LogP contribution is 2.13. The van der Waals surface area contributed by atoms with E-state index in [0.717, 1.165) is 13.1 Å². The van der Waals surface area contributed by atoms with Gasteiger partial charge in [-0.3, -0.25) is 4.79 Å². The molecule has 0 spiro atoms. The van der Waals surface area contributed by atoms with Crippen LogP contribution in [0.15, 0.2) is 0 Å². The van der Waals surface area contributed by atoms with E-state index in [-0.39, 0.29) is 5.91 Å².